The van der Waals surface area contributed by atoms with Crippen molar-refractivity contribution in [1.82, 2.24) is 4.90 Å². The molecule has 1 saturated heterocycles. The second-order valence-corrected chi connectivity index (χ2v) is 6.47. The fourth-order valence-electron chi connectivity index (χ4n) is 3.45. The molecule has 1 aliphatic heterocycles. The van der Waals surface area contributed by atoms with E-state index in [1.165, 1.54) is 4.90 Å². The van der Waals surface area contributed by atoms with Gasteiger partial charge in [-0.2, -0.15) is 0 Å². The summed E-state index contributed by atoms with van der Waals surface area (Å²) in [6.07, 6.45) is 3.29. The van der Waals surface area contributed by atoms with E-state index in [2.05, 4.69) is 0 Å². The van der Waals surface area contributed by atoms with E-state index in [0.29, 0.717) is 5.57 Å². The highest BCUT2D eigenvalue weighted by molar-refractivity contribution is 6.02. The molecule has 26 heavy (non-hydrogen) atoms. The van der Waals surface area contributed by atoms with E-state index < -0.39 is 24.2 Å². The van der Waals surface area contributed by atoms with Gasteiger partial charge in [0.25, 0.3) is 0 Å². The van der Waals surface area contributed by atoms with Crippen molar-refractivity contribution < 1.29 is 23.9 Å². The zero-order chi connectivity index (χ0) is 18.6. The standard InChI is InChI=1S/C18H28N2O5.ClH/c1-4-12(5-2)25-14-10-11(18(23)24-6-3)9-13(19)17(14)20-15(21)7-8-16(20)22;/h10,12-14,17H,4-9,19H2,1-3H3;1H. The average Bonchev–Trinajstić information content (AvgIpc) is 2.91. The van der Waals surface area contributed by atoms with E-state index >= 15 is 0 Å². The number of imide groups is 1. The first-order chi connectivity index (χ1) is 11.9. The van der Waals surface area contributed by atoms with Crippen molar-refractivity contribution in [1.29, 1.82) is 0 Å². The number of rotatable bonds is 7. The van der Waals surface area contributed by atoms with Gasteiger partial charge in [-0.05, 0) is 32.3 Å². The van der Waals surface area contributed by atoms with Gasteiger partial charge in [-0.15, -0.1) is 12.4 Å². The Kier molecular flexibility index (Phi) is 8.73. The summed E-state index contributed by atoms with van der Waals surface area (Å²) in [5.74, 6) is -0.873. The van der Waals surface area contributed by atoms with Crippen LogP contribution in [0.5, 0.6) is 0 Å². The molecular formula is C18H29ClN2O5. The van der Waals surface area contributed by atoms with Crippen LogP contribution in [-0.2, 0) is 23.9 Å². The molecule has 0 saturated carbocycles. The van der Waals surface area contributed by atoms with Gasteiger partial charge in [0.2, 0.25) is 11.8 Å². The minimum Gasteiger partial charge on any atom is -0.463 e. The first kappa shape index (κ1) is 22.6. The molecule has 2 amide bonds. The third-order valence-corrected chi connectivity index (χ3v) is 4.78. The molecule has 0 aromatic rings. The SMILES string of the molecule is CCOC(=O)C1=CC(OC(CC)CC)C(N2C(=O)CCC2=O)C(N)C1.Cl. The normalized spacial score (nSPS) is 26.0. The highest BCUT2D eigenvalue weighted by atomic mass is 35.5. The number of carbonyl (C=O) groups excluding carboxylic acids is 3. The number of carbonyl (C=O) groups is 3. The number of nitrogens with zero attached hydrogens (tertiary/aromatic N) is 1. The molecule has 7 nitrogen and oxygen atoms in total. The quantitative estimate of drug-likeness (QED) is 0.526. The van der Waals surface area contributed by atoms with Crippen LogP contribution in [0.3, 0.4) is 0 Å². The Morgan fingerprint density at radius 1 is 1.23 bits per heavy atom. The van der Waals surface area contributed by atoms with E-state index in [1.54, 1.807) is 13.0 Å². The summed E-state index contributed by atoms with van der Waals surface area (Å²) in [6.45, 7) is 6.03. The fourth-order valence-corrected chi connectivity index (χ4v) is 3.45. The predicted molar refractivity (Wildman–Crippen MR) is 98.7 cm³/mol. The van der Waals surface area contributed by atoms with Crippen LogP contribution >= 0.6 is 12.4 Å². The Bertz CT molecular complexity index is 546. The number of hydrogen-bond acceptors (Lipinski definition) is 6. The molecule has 0 bridgehead atoms. The predicted octanol–water partition coefficient (Wildman–Crippen LogP) is 1.72. The summed E-state index contributed by atoms with van der Waals surface area (Å²) in [5.41, 5.74) is 6.73. The number of ether oxygens (including phenoxy) is 2. The third-order valence-electron chi connectivity index (χ3n) is 4.78. The molecule has 2 N–H and O–H groups in total. The van der Waals surface area contributed by atoms with Crippen LogP contribution in [0.2, 0.25) is 0 Å². The number of hydrogen-bond donors (Lipinski definition) is 1. The molecule has 0 aromatic heterocycles. The summed E-state index contributed by atoms with van der Waals surface area (Å²) >= 11 is 0. The second-order valence-electron chi connectivity index (χ2n) is 6.47. The number of halogens is 1. The zero-order valence-electron chi connectivity index (χ0n) is 15.6. The molecular weight excluding hydrogens is 360 g/mol. The minimum absolute atomic E-state index is 0. The summed E-state index contributed by atoms with van der Waals surface area (Å²) in [7, 11) is 0. The van der Waals surface area contributed by atoms with E-state index in [9.17, 15) is 14.4 Å². The highest BCUT2D eigenvalue weighted by Gasteiger charge is 2.45. The van der Waals surface area contributed by atoms with Crippen molar-refractivity contribution in [2.45, 2.75) is 77.2 Å². The van der Waals surface area contributed by atoms with Crippen molar-refractivity contribution >= 4 is 30.2 Å². The van der Waals surface area contributed by atoms with Crippen LogP contribution in [0, 0.1) is 0 Å². The molecule has 1 aliphatic carbocycles. The van der Waals surface area contributed by atoms with Gasteiger partial charge in [0.05, 0.1) is 24.9 Å². The molecule has 0 aromatic carbocycles. The lowest BCUT2D eigenvalue weighted by Crippen LogP contribution is -2.59. The average molecular weight is 389 g/mol. The summed E-state index contributed by atoms with van der Waals surface area (Å²) in [6, 6.07) is -1.14. The first-order valence-electron chi connectivity index (χ1n) is 9.06. The van der Waals surface area contributed by atoms with Gasteiger partial charge >= 0.3 is 5.97 Å². The highest BCUT2D eigenvalue weighted by Crippen LogP contribution is 2.30. The van der Waals surface area contributed by atoms with Gasteiger partial charge in [-0.3, -0.25) is 14.5 Å². The largest absolute Gasteiger partial charge is 0.463 e. The van der Waals surface area contributed by atoms with Gasteiger partial charge in [0.15, 0.2) is 0 Å². The lowest BCUT2D eigenvalue weighted by Gasteiger charge is -2.40. The maximum atomic E-state index is 12.2. The van der Waals surface area contributed by atoms with E-state index in [0.717, 1.165) is 12.8 Å². The first-order valence-corrected chi connectivity index (χ1v) is 9.06. The molecule has 0 spiro atoms. The van der Waals surface area contributed by atoms with Gasteiger partial charge < -0.3 is 15.2 Å². The van der Waals surface area contributed by atoms with Gasteiger partial charge in [-0.25, -0.2) is 4.79 Å². The lowest BCUT2D eigenvalue weighted by atomic mass is 9.87. The smallest absolute Gasteiger partial charge is 0.333 e. The van der Waals surface area contributed by atoms with Gasteiger partial charge in [0.1, 0.15) is 0 Å². The molecule has 2 aliphatic rings. The minimum atomic E-state index is -0.598. The number of nitrogens with two attached hydrogens (primary N) is 1. The fraction of sp³-hybridized carbons (Fsp3) is 0.722. The Balaban J connectivity index is 0.00000338. The number of esters is 1. The number of likely N-dealkylation sites (tertiary alicyclic amines) is 1. The molecule has 148 valence electrons. The Morgan fingerprint density at radius 3 is 2.31 bits per heavy atom. The summed E-state index contributed by atoms with van der Waals surface area (Å²) < 4.78 is 11.2. The van der Waals surface area contributed by atoms with Crippen LogP contribution in [0.25, 0.3) is 0 Å². The Hall–Kier alpha value is -1.44. The molecule has 1 fully saturated rings. The monoisotopic (exact) mass is 388 g/mol. The molecule has 0 radical (unpaired) electrons. The van der Waals surface area contributed by atoms with Gasteiger partial charge in [-0.1, -0.05) is 13.8 Å². The maximum absolute atomic E-state index is 12.2. The van der Waals surface area contributed by atoms with Crippen molar-refractivity contribution in [3.63, 3.8) is 0 Å². The molecule has 2 rings (SSSR count). The van der Waals surface area contributed by atoms with Crippen LogP contribution in [0.15, 0.2) is 11.6 Å². The van der Waals surface area contributed by atoms with Crippen molar-refractivity contribution in [3.05, 3.63) is 11.6 Å². The van der Waals surface area contributed by atoms with Crippen LogP contribution in [-0.4, -0.2) is 53.6 Å². The Labute approximate surface area is 160 Å². The van der Waals surface area contributed by atoms with Crippen LogP contribution in [0.1, 0.15) is 52.9 Å². The van der Waals surface area contributed by atoms with E-state index in [1.807, 2.05) is 13.8 Å². The molecule has 1 heterocycles. The van der Waals surface area contributed by atoms with Crippen molar-refractivity contribution in [2.24, 2.45) is 5.73 Å². The van der Waals surface area contributed by atoms with Crippen molar-refractivity contribution in [2.75, 3.05) is 6.61 Å². The third kappa shape index (κ3) is 4.84. The second kappa shape index (κ2) is 10.0. The molecule has 3 unspecified atom stereocenters. The van der Waals surface area contributed by atoms with Gasteiger partial charge in [0, 0.05) is 24.5 Å². The lowest BCUT2D eigenvalue weighted by molar-refractivity contribution is -0.147. The maximum Gasteiger partial charge on any atom is 0.333 e. The molecule has 8 heteroatoms. The van der Waals surface area contributed by atoms with E-state index in [4.69, 9.17) is 15.2 Å². The summed E-state index contributed by atoms with van der Waals surface area (Å²) in [4.78, 5) is 37.8. The topological polar surface area (TPSA) is 98.9 Å². The van der Waals surface area contributed by atoms with E-state index in [-0.39, 0.29) is 56.2 Å². The number of amides is 2. The Morgan fingerprint density at radius 2 is 1.81 bits per heavy atom. The van der Waals surface area contributed by atoms with Crippen molar-refractivity contribution in [3.8, 4) is 0 Å². The summed E-state index contributed by atoms with van der Waals surface area (Å²) in [5, 5.41) is 0. The van der Waals surface area contributed by atoms with Crippen LogP contribution < -0.4 is 5.73 Å². The van der Waals surface area contributed by atoms with Crippen LogP contribution in [0.4, 0.5) is 0 Å². The zero-order valence-corrected chi connectivity index (χ0v) is 16.4. The molecule has 3 atom stereocenters.